The summed E-state index contributed by atoms with van der Waals surface area (Å²) in [6.07, 6.45) is 3.54. The Bertz CT molecular complexity index is 645. The molecular weight excluding hydrogens is 273 g/mol. The van der Waals surface area contributed by atoms with Crippen molar-refractivity contribution >= 4 is 5.91 Å². The molecule has 1 aliphatic rings. The number of hydrogen-bond donors (Lipinski definition) is 1. The van der Waals surface area contributed by atoms with E-state index >= 15 is 0 Å². The van der Waals surface area contributed by atoms with E-state index in [1.807, 2.05) is 0 Å². The zero-order valence-electron chi connectivity index (χ0n) is 11.3. The Hall–Kier alpha value is -2.50. The SMILES string of the molecule is O=C(NCc1cccc(OC2CC2)c1F)c1cccnn1. The number of nitrogens with zero attached hydrogens (tertiary/aromatic N) is 2. The van der Waals surface area contributed by atoms with E-state index in [1.165, 1.54) is 6.20 Å². The van der Waals surface area contributed by atoms with E-state index in [0.29, 0.717) is 5.56 Å². The highest BCUT2D eigenvalue weighted by molar-refractivity contribution is 5.91. The minimum atomic E-state index is -0.427. The molecule has 0 unspecified atom stereocenters. The van der Waals surface area contributed by atoms with E-state index in [0.717, 1.165) is 12.8 Å². The molecule has 5 nitrogen and oxygen atoms in total. The highest BCUT2D eigenvalue weighted by Crippen LogP contribution is 2.29. The largest absolute Gasteiger partial charge is 0.487 e. The fraction of sp³-hybridized carbons (Fsp3) is 0.267. The van der Waals surface area contributed by atoms with Crippen LogP contribution in [0.1, 0.15) is 28.9 Å². The van der Waals surface area contributed by atoms with Crippen molar-refractivity contribution in [3.05, 3.63) is 53.6 Å². The molecule has 0 aliphatic heterocycles. The number of aromatic nitrogens is 2. The number of carbonyl (C=O) groups is 1. The Balaban J connectivity index is 1.66. The number of rotatable bonds is 5. The van der Waals surface area contributed by atoms with Gasteiger partial charge >= 0.3 is 0 Å². The van der Waals surface area contributed by atoms with Gasteiger partial charge < -0.3 is 10.1 Å². The topological polar surface area (TPSA) is 64.1 Å². The monoisotopic (exact) mass is 287 g/mol. The second kappa shape index (κ2) is 5.87. The van der Waals surface area contributed by atoms with Crippen LogP contribution in [0.4, 0.5) is 4.39 Å². The lowest BCUT2D eigenvalue weighted by Gasteiger charge is -2.10. The van der Waals surface area contributed by atoms with Gasteiger partial charge in [-0.2, -0.15) is 5.10 Å². The molecule has 2 aromatic rings. The van der Waals surface area contributed by atoms with Gasteiger partial charge in [0.2, 0.25) is 0 Å². The third kappa shape index (κ3) is 3.34. The highest BCUT2D eigenvalue weighted by Gasteiger charge is 2.25. The number of hydrogen-bond acceptors (Lipinski definition) is 4. The Kier molecular flexibility index (Phi) is 3.77. The van der Waals surface area contributed by atoms with Crippen LogP contribution in [0.15, 0.2) is 36.5 Å². The van der Waals surface area contributed by atoms with Crippen molar-refractivity contribution in [2.24, 2.45) is 0 Å². The summed E-state index contributed by atoms with van der Waals surface area (Å²) in [4.78, 5) is 11.8. The fourth-order valence-corrected chi connectivity index (χ4v) is 1.84. The van der Waals surface area contributed by atoms with Gasteiger partial charge in [-0.3, -0.25) is 4.79 Å². The van der Waals surface area contributed by atoms with Gasteiger partial charge in [0.1, 0.15) is 0 Å². The molecule has 0 bridgehead atoms. The summed E-state index contributed by atoms with van der Waals surface area (Å²) in [6, 6.07) is 8.09. The van der Waals surface area contributed by atoms with Crippen molar-refractivity contribution in [1.29, 1.82) is 0 Å². The van der Waals surface area contributed by atoms with Gasteiger partial charge in [0.15, 0.2) is 17.3 Å². The third-order valence-corrected chi connectivity index (χ3v) is 3.11. The molecule has 0 atom stereocenters. The van der Waals surface area contributed by atoms with Gasteiger partial charge in [-0.15, -0.1) is 5.10 Å². The second-order valence-electron chi connectivity index (χ2n) is 4.84. The van der Waals surface area contributed by atoms with Crippen molar-refractivity contribution in [1.82, 2.24) is 15.5 Å². The first-order valence-electron chi connectivity index (χ1n) is 6.74. The van der Waals surface area contributed by atoms with E-state index in [2.05, 4.69) is 15.5 Å². The summed E-state index contributed by atoms with van der Waals surface area (Å²) in [5, 5.41) is 9.94. The molecule has 1 aromatic carbocycles. The summed E-state index contributed by atoms with van der Waals surface area (Å²) < 4.78 is 19.7. The van der Waals surface area contributed by atoms with Crippen molar-refractivity contribution < 1.29 is 13.9 Å². The smallest absolute Gasteiger partial charge is 0.272 e. The molecule has 21 heavy (non-hydrogen) atoms. The minimum Gasteiger partial charge on any atom is -0.487 e. The lowest BCUT2D eigenvalue weighted by molar-refractivity contribution is 0.0944. The molecule has 1 heterocycles. The number of carbonyl (C=O) groups excluding carboxylic acids is 1. The predicted molar refractivity (Wildman–Crippen MR) is 73.3 cm³/mol. The number of amides is 1. The first-order valence-corrected chi connectivity index (χ1v) is 6.74. The summed E-state index contributed by atoms with van der Waals surface area (Å²) in [6.45, 7) is 0.0725. The zero-order chi connectivity index (χ0) is 14.7. The zero-order valence-corrected chi connectivity index (χ0v) is 11.3. The molecule has 6 heteroatoms. The molecule has 1 saturated carbocycles. The van der Waals surface area contributed by atoms with E-state index < -0.39 is 11.7 Å². The maximum atomic E-state index is 14.2. The summed E-state index contributed by atoms with van der Waals surface area (Å²) in [5.74, 6) is -0.580. The second-order valence-corrected chi connectivity index (χ2v) is 4.84. The molecule has 1 aromatic heterocycles. The van der Waals surface area contributed by atoms with Crippen LogP contribution >= 0.6 is 0 Å². The summed E-state index contributed by atoms with van der Waals surface area (Å²) in [7, 11) is 0. The number of benzene rings is 1. The van der Waals surface area contributed by atoms with Gasteiger partial charge in [0, 0.05) is 18.3 Å². The average Bonchev–Trinajstić information content (AvgIpc) is 3.33. The molecule has 3 rings (SSSR count). The molecule has 0 radical (unpaired) electrons. The van der Waals surface area contributed by atoms with Crippen molar-refractivity contribution in [2.45, 2.75) is 25.5 Å². The first kappa shape index (κ1) is 13.5. The van der Waals surface area contributed by atoms with Crippen LogP contribution in [0, 0.1) is 5.82 Å². The quantitative estimate of drug-likeness (QED) is 0.914. The maximum Gasteiger partial charge on any atom is 0.272 e. The van der Waals surface area contributed by atoms with E-state index in [1.54, 1.807) is 30.3 Å². The van der Waals surface area contributed by atoms with Gasteiger partial charge in [-0.25, -0.2) is 4.39 Å². The lowest BCUT2D eigenvalue weighted by atomic mass is 10.2. The average molecular weight is 287 g/mol. The third-order valence-electron chi connectivity index (χ3n) is 3.11. The standard InChI is InChI=1S/C15H14FN3O2/c16-14-10(3-1-5-13(14)21-11-6-7-11)9-17-15(20)12-4-2-8-18-19-12/h1-5,8,11H,6-7,9H2,(H,17,20). The molecule has 0 saturated heterocycles. The van der Waals surface area contributed by atoms with E-state index in [9.17, 15) is 9.18 Å². The van der Waals surface area contributed by atoms with Gasteiger partial charge in [0.25, 0.3) is 5.91 Å². The van der Waals surface area contributed by atoms with Crippen molar-refractivity contribution in [3.8, 4) is 5.75 Å². The number of nitrogens with one attached hydrogen (secondary N) is 1. The molecule has 1 amide bonds. The first-order chi connectivity index (χ1) is 10.2. The van der Waals surface area contributed by atoms with Gasteiger partial charge in [0.05, 0.1) is 6.10 Å². The fourth-order valence-electron chi connectivity index (χ4n) is 1.84. The Morgan fingerprint density at radius 2 is 2.19 bits per heavy atom. The molecule has 108 valence electrons. The Morgan fingerprint density at radius 3 is 2.90 bits per heavy atom. The lowest BCUT2D eigenvalue weighted by Crippen LogP contribution is -2.24. The maximum absolute atomic E-state index is 14.2. The van der Waals surface area contributed by atoms with E-state index in [-0.39, 0.29) is 24.1 Å². The van der Waals surface area contributed by atoms with Crippen LogP contribution in [-0.2, 0) is 6.54 Å². The molecule has 1 N–H and O–H groups in total. The number of ether oxygens (including phenoxy) is 1. The van der Waals surface area contributed by atoms with Gasteiger partial charge in [-0.05, 0) is 31.0 Å². The number of halogens is 1. The summed E-state index contributed by atoms with van der Waals surface area (Å²) in [5.41, 5.74) is 0.577. The van der Waals surface area contributed by atoms with Crippen LogP contribution in [0.2, 0.25) is 0 Å². The van der Waals surface area contributed by atoms with Crippen LogP contribution in [0.5, 0.6) is 5.75 Å². The van der Waals surface area contributed by atoms with Gasteiger partial charge in [-0.1, -0.05) is 12.1 Å². The van der Waals surface area contributed by atoms with Crippen LogP contribution in [0.25, 0.3) is 0 Å². The summed E-state index contributed by atoms with van der Waals surface area (Å²) >= 11 is 0. The normalized spacial score (nSPS) is 13.8. The minimum absolute atomic E-state index is 0.0725. The molecular formula is C15H14FN3O2. The van der Waals surface area contributed by atoms with E-state index in [4.69, 9.17) is 4.74 Å². The molecule has 0 spiro atoms. The molecule has 1 fully saturated rings. The predicted octanol–water partition coefficient (Wildman–Crippen LogP) is 2.09. The van der Waals surface area contributed by atoms with Crippen LogP contribution < -0.4 is 10.1 Å². The highest BCUT2D eigenvalue weighted by atomic mass is 19.1. The van der Waals surface area contributed by atoms with Crippen LogP contribution in [0.3, 0.4) is 0 Å². The Morgan fingerprint density at radius 1 is 1.33 bits per heavy atom. The Labute approximate surface area is 121 Å². The molecule has 1 aliphatic carbocycles. The van der Waals surface area contributed by atoms with Crippen molar-refractivity contribution in [3.63, 3.8) is 0 Å². The van der Waals surface area contributed by atoms with Crippen molar-refractivity contribution in [2.75, 3.05) is 0 Å². The van der Waals surface area contributed by atoms with Crippen LogP contribution in [-0.4, -0.2) is 22.2 Å².